The molecular weight excluding hydrogens is 494 g/mol. The van der Waals surface area contributed by atoms with Crippen LogP contribution in [0.1, 0.15) is 95.4 Å². The molecule has 0 spiro atoms. The van der Waals surface area contributed by atoms with Crippen LogP contribution in [-0.4, -0.2) is 75.6 Å². The van der Waals surface area contributed by atoms with Crippen LogP contribution in [0.15, 0.2) is 0 Å². The summed E-state index contributed by atoms with van der Waals surface area (Å²) in [5, 5.41) is 27.6. The predicted octanol–water partition coefficient (Wildman–Crippen LogP) is 2.98. The maximum atomic E-state index is 13.5. The number of carboxylic acids is 1. The van der Waals surface area contributed by atoms with Crippen molar-refractivity contribution in [3.05, 3.63) is 0 Å². The Bertz CT molecular complexity index is 788. The second kappa shape index (κ2) is 15.3. The van der Waals surface area contributed by atoms with Crippen LogP contribution >= 0.6 is 0 Å². The Morgan fingerprint density at radius 1 is 0.816 bits per heavy atom. The molecule has 0 radical (unpaired) electrons. The molecule has 222 valence electrons. The van der Waals surface area contributed by atoms with Gasteiger partial charge in [-0.25, -0.2) is 4.79 Å². The Labute approximate surface area is 227 Å². The molecule has 11 heteroatoms. The summed E-state index contributed by atoms with van der Waals surface area (Å²) in [5.41, 5.74) is -1.41. The number of carbonyl (C=O) groups is 4. The number of carboxylic acid groups (broad SMARTS) is 1. The molecule has 0 aromatic heterocycles. The van der Waals surface area contributed by atoms with E-state index >= 15 is 0 Å². The number of nitrogens with one attached hydrogen (secondary N) is 3. The largest absolute Gasteiger partial charge is 0.481 e. The highest BCUT2D eigenvalue weighted by molar-refractivity contribution is 5.92. The quantitative estimate of drug-likeness (QED) is 0.222. The molecule has 0 aliphatic carbocycles. The van der Waals surface area contributed by atoms with Crippen molar-refractivity contribution in [3.63, 3.8) is 0 Å². The number of alkyl carbamates (subject to hydrolysis) is 1. The molecule has 0 aliphatic heterocycles. The van der Waals surface area contributed by atoms with Gasteiger partial charge in [0.05, 0.1) is 30.3 Å². The third-order valence-electron chi connectivity index (χ3n) is 5.66. The van der Waals surface area contributed by atoms with Crippen molar-refractivity contribution in [3.8, 4) is 0 Å². The van der Waals surface area contributed by atoms with E-state index in [-0.39, 0.29) is 11.8 Å². The van der Waals surface area contributed by atoms with Crippen LogP contribution in [0.25, 0.3) is 0 Å². The highest BCUT2D eigenvalue weighted by Gasteiger charge is 2.36. The van der Waals surface area contributed by atoms with Crippen molar-refractivity contribution in [1.82, 2.24) is 16.0 Å². The van der Waals surface area contributed by atoms with Gasteiger partial charge in [-0.1, -0.05) is 34.1 Å². The number of ether oxygens (including phenoxy) is 2. The molecule has 6 atom stereocenters. The number of carbonyl (C=O) groups excluding carboxylic acids is 3. The van der Waals surface area contributed by atoms with Gasteiger partial charge in [-0.2, -0.15) is 0 Å². The summed E-state index contributed by atoms with van der Waals surface area (Å²) < 4.78 is 11.3. The number of aliphatic carboxylic acids is 1. The average Bonchev–Trinajstić information content (AvgIpc) is 2.71. The van der Waals surface area contributed by atoms with Gasteiger partial charge in [0, 0.05) is 0 Å². The molecule has 0 fully saturated rings. The Hall–Kier alpha value is -2.40. The van der Waals surface area contributed by atoms with E-state index < -0.39 is 71.8 Å². The zero-order valence-corrected chi connectivity index (χ0v) is 25.0. The third kappa shape index (κ3) is 14.5. The fourth-order valence-corrected chi connectivity index (χ4v) is 3.82. The first-order valence-electron chi connectivity index (χ1n) is 13.3. The lowest BCUT2D eigenvalue weighted by atomic mass is 9.94. The normalized spacial score (nSPS) is 17.0. The summed E-state index contributed by atoms with van der Waals surface area (Å²) in [5.74, 6) is -2.62. The van der Waals surface area contributed by atoms with Gasteiger partial charge in [-0.3, -0.25) is 14.4 Å². The Balaban J connectivity index is 5.98. The maximum Gasteiger partial charge on any atom is 0.408 e. The van der Waals surface area contributed by atoms with E-state index in [0.717, 1.165) is 0 Å². The van der Waals surface area contributed by atoms with Gasteiger partial charge in [0.15, 0.2) is 0 Å². The fourth-order valence-electron chi connectivity index (χ4n) is 3.82. The minimum Gasteiger partial charge on any atom is -0.481 e. The summed E-state index contributed by atoms with van der Waals surface area (Å²) in [6, 6.07) is -3.00. The SMILES string of the molecule is CCC(C)[C@H](NC(=O)[C@@H](NC(=O)OC(C)(C)C)[C@@H](C)OC(C)(C)C)C(=O)N[C@@H](CC(C)C)C(O)CC(=O)O. The van der Waals surface area contributed by atoms with Gasteiger partial charge >= 0.3 is 12.1 Å². The van der Waals surface area contributed by atoms with E-state index in [2.05, 4.69) is 16.0 Å². The summed E-state index contributed by atoms with van der Waals surface area (Å²) in [4.78, 5) is 50.5. The summed E-state index contributed by atoms with van der Waals surface area (Å²) in [6.07, 6.45) is -2.51. The first kappa shape index (κ1) is 35.6. The van der Waals surface area contributed by atoms with Gasteiger partial charge in [0.2, 0.25) is 11.8 Å². The smallest absolute Gasteiger partial charge is 0.408 e. The van der Waals surface area contributed by atoms with Crippen molar-refractivity contribution in [2.75, 3.05) is 0 Å². The molecular formula is C27H51N3O8. The lowest BCUT2D eigenvalue weighted by molar-refractivity contribution is -0.140. The minimum atomic E-state index is -1.30. The number of rotatable bonds is 14. The van der Waals surface area contributed by atoms with Gasteiger partial charge in [-0.15, -0.1) is 0 Å². The molecule has 5 N–H and O–H groups in total. The topological polar surface area (TPSA) is 163 Å². The lowest BCUT2D eigenvalue weighted by Gasteiger charge is -2.33. The van der Waals surface area contributed by atoms with Crippen LogP contribution in [0, 0.1) is 11.8 Å². The molecule has 11 nitrogen and oxygen atoms in total. The van der Waals surface area contributed by atoms with E-state index in [1.807, 2.05) is 41.5 Å². The molecule has 38 heavy (non-hydrogen) atoms. The van der Waals surface area contributed by atoms with Crippen molar-refractivity contribution in [1.29, 1.82) is 0 Å². The van der Waals surface area contributed by atoms with Crippen LogP contribution in [0.3, 0.4) is 0 Å². The van der Waals surface area contributed by atoms with Crippen molar-refractivity contribution in [2.45, 2.75) is 137 Å². The Morgan fingerprint density at radius 3 is 1.76 bits per heavy atom. The molecule has 0 saturated heterocycles. The number of amides is 3. The highest BCUT2D eigenvalue weighted by Crippen LogP contribution is 2.17. The number of aliphatic hydroxyl groups is 1. The molecule has 0 bridgehead atoms. The number of hydrogen-bond donors (Lipinski definition) is 5. The van der Waals surface area contributed by atoms with Crippen molar-refractivity contribution >= 4 is 23.9 Å². The summed E-state index contributed by atoms with van der Waals surface area (Å²) >= 11 is 0. The summed E-state index contributed by atoms with van der Waals surface area (Å²) in [7, 11) is 0. The molecule has 0 rings (SSSR count). The lowest BCUT2D eigenvalue weighted by Crippen LogP contribution is -2.61. The fraction of sp³-hybridized carbons (Fsp3) is 0.852. The van der Waals surface area contributed by atoms with Gasteiger partial charge < -0.3 is 35.6 Å². The minimum absolute atomic E-state index is 0.0678. The molecule has 0 aliphatic rings. The van der Waals surface area contributed by atoms with Crippen LogP contribution in [0.2, 0.25) is 0 Å². The molecule has 0 aromatic carbocycles. The van der Waals surface area contributed by atoms with E-state index in [9.17, 15) is 24.3 Å². The van der Waals surface area contributed by atoms with E-state index in [4.69, 9.17) is 14.6 Å². The highest BCUT2D eigenvalue weighted by atomic mass is 16.6. The zero-order valence-electron chi connectivity index (χ0n) is 25.0. The van der Waals surface area contributed by atoms with Crippen LogP contribution in [0.4, 0.5) is 4.79 Å². The standard InChI is InChI=1S/C27H51N3O8/c1-12-16(4)21(23(34)28-18(13-15(2)3)19(31)14-20(32)33)29-24(35)22(17(5)37-26(6,7)8)30-25(36)38-27(9,10)11/h15-19,21-22,31H,12-14H2,1-11H3,(H,28,34)(H,29,35)(H,30,36)(H,32,33)/t16?,17-,18+,19?,21+,22+/m1/s1. The second-order valence-corrected chi connectivity index (χ2v) is 12.3. The molecule has 0 aromatic rings. The van der Waals surface area contributed by atoms with Crippen molar-refractivity contribution < 1.29 is 38.9 Å². The monoisotopic (exact) mass is 545 g/mol. The number of hydrogen-bond acceptors (Lipinski definition) is 7. The molecule has 0 saturated carbocycles. The number of aliphatic hydroxyl groups excluding tert-OH is 1. The first-order valence-corrected chi connectivity index (χ1v) is 13.3. The van der Waals surface area contributed by atoms with E-state index in [0.29, 0.717) is 12.8 Å². The van der Waals surface area contributed by atoms with Crippen LogP contribution in [0.5, 0.6) is 0 Å². The zero-order chi connectivity index (χ0) is 30.0. The first-order chi connectivity index (χ1) is 17.2. The average molecular weight is 546 g/mol. The predicted molar refractivity (Wildman–Crippen MR) is 144 cm³/mol. The van der Waals surface area contributed by atoms with E-state index in [1.165, 1.54) is 0 Å². The molecule has 2 unspecified atom stereocenters. The van der Waals surface area contributed by atoms with Crippen LogP contribution in [-0.2, 0) is 23.9 Å². The van der Waals surface area contributed by atoms with E-state index in [1.54, 1.807) is 34.6 Å². The molecule has 0 heterocycles. The van der Waals surface area contributed by atoms with Gasteiger partial charge in [0.1, 0.15) is 17.7 Å². The second-order valence-electron chi connectivity index (χ2n) is 12.3. The maximum absolute atomic E-state index is 13.5. The third-order valence-corrected chi connectivity index (χ3v) is 5.66. The Kier molecular flexibility index (Phi) is 14.3. The van der Waals surface area contributed by atoms with Gasteiger partial charge in [-0.05, 0) is 66.7 Å². The molecule has 3 amide bonds. The van der Waals surface area contributed by atoms with Crippen molar-refractivity contribution in [2.24, 2.45) is 11.8 Å². The van der Waals surface area contributed by atoms with Crippen LogP contribution < -0.4 is 16.0 Å². The van der Waals surface area contributed by atoms with Gasteiger partial charge in [0.25, 0.3) is 0 Å². The Morgan fingerprint density at radius 2 is 1.34 bits per heavy atom. The summed E-state index contributed by atoms with van der Waals surface area (Å²) in [6.45, 7) is 19.6.